The van der Waals surface area contributed by atoms with Crippen molar-refractivity contribution in [3.63, 3.8) is 0 Å². The molecule has 0 aliphatic carbocycles. The minimum absolute atomic E-state index is 0.0460. The van der Waals surface area contributed by atoms with Crippen molar-refractivity contribution in [1.29, 1.82) is 0 Å². The SMILES string of the molecule is CCCCC/C=C\C/C=C\C/C=C\C/C=C\CCCC(=O)OC1C(OCC(NC(=O)C(O)CCCCCCCCCCCC/C=C/CCCCCCCC)C(O)/C=C/CCCCCCCCCCC)OC(CO)C(O)C1O. The zero-order valence-electron chi connectivity index (χ0n) is 49.3. The lowest BCUT2D eigenvalue weighted by atomic mass is 9.99. The summed E-state index contributed by atoms with van der Waals surface area (Å²) in [5, 5.41) is 56.9. The first kappa shape index (κ1) is 72.1. The van der Waals surface area contributed by atoms with Crippen molar-refractivity contribution < 1.29 is 49.3 Å². The molecule has 11 nitrogen and oxygen atoms in total. The molecule has 1 saturated heterocycles. The van der Waals surface area contributed by atoms with Gasteiger partial charge in [0.15, 0.2) is 12.4 Å². The van der Waals surface area contributed by atoms with Gasteiger partial charge in [-0.25, -0.2) is 0 Å². The Kier molecular flexibility index (Phi) is 50.3. The minimum atomic E-state index is -1.64. The second kappa shape index (κ2) is 53.7. The standard InChI is InChI=1S/C66H117NO10/c1-4-7-10-13-16-19-22-24-26-28-29-30-32-33-35-38-41-44-47-50-53-59(70)65(74)67-57(58(69)52-49-46-43-40-37-21-18-15-12-9-6-3)56-75-66-64(63(73)62(72)60(55-68)76-66)77-61(71)54-51-48-45-42-39-36-34-31-27-25-23-20-17-14-11-8-5-2/h17,20,24-27,34,36,42,45,49,52,57-60,62-64,66,68-70,72-73H,4-16,18-19,21-23,28-33,35,37-41,43-44,46-48,50-51,53-56H2,1-3H3,(H,67,74)/b20-17-,26-24+,27-25-,36-34-,45-42-,52-49+. The van der Waals surface area contributed by atoms with Gasteiger partial charge in [-0.3, -0.25) is 9.59 Å². The van der Waals surface area contributed by atoms with Crippen LogP contribution in [0.4, 0.5) is 0 Å². The number of aliphatic hydroxyl groups is 5. The number of hydrogen-bond donors (Lipinski definition) is 6. The van der Waals surface area contributed by atoms with Gasteiger partial charge in [0, 0.05) is 6.42 Å². The van der Waals surface area contributed by atoms with Crippen molar-refractivity contribution in [2.45, 2.75) is 320 Å². The molecule has 6 N–H and O–H groups in total. The predicted molar refractivity (Wildman–Crippen MR) is 319 cm³/mol. The Hall–Kier alpha value is -2.90. The molecule has 77 heavy (non-hydrogen) atoms. The molecule has 1 rings (SSSR count). The Bertz CT molecular complexity index is 1530. The summed E-state index contributed by atoms with van der Waals surface area (Å²) in [7, 11) is 0. The average molecular weight is 1080 g/mol. The van der Waals surface area contributed by atoms with Crippen LogP contribution in [0.15, 0.2) is 72.9 Å². The molecule has 0 bridgehead atoms. The lowest BCUT2D eigenvalue weighted by Crippen LogP contribution is -2.61. The first-order valence-electron chi connectivity index (χ1n) is 31.7. The number of nitrogens with one attached hydrogen (secondary N) is 1. The maximum Gasteiger partial charge on any atom is 0.306 e. The predicted octanol–water partition coefficient (Wildman–Crippen LogP) is 15.2. The number of carbonyl (C=O) groups is 2. The van der Waals surface area contributed by atoms with Crippen LogP contribution in [0.2, 0.25) is 0 Å². The van der Waals surface area contributed by atoms with Gasteiger partial charge in [0.1, 0.15) is 24.4 Å². The van der Waals surface area contributed by atoms with Crippen LogP contribution in [0.1, 0.15) is 271 Å². The fraction of sp³-hybridized carbons (Fsp3) is 0.788. The van der Waals surface area contributed by atoms with Crippen LogP contribution < -0.4 is 5.32 Å². The van der Waals surface area contributed by atoms with E-state index < -0.39 is 67.4 Å². The zero-order chi connectivity index (χ0) is 56.1. The first-order valence-corrected chi connectivity index (χ1v) is 31.7. The topological polar surface area (TPSA) is 175 Å². The molecule has 11 heteroatoms. The van der Waals surface area contributed by atoms with Gasteiger partial charge in [-0.2, -0.15) is 0 Å². The maximum atomic E-state index is 13.4. The van der Waals surface area contributed by atoms with E-state index in [1.807, 2.05) is 12.2 Å². The molecule has 0 radical (unpaired) electrons. The Morgan fingerprint density at radius 3 is 1.38 bits per heavy atom. The molecule has 1 aliphatic heterocycles. The summed E-state index contributed by atoms with van der Waals surface area (Å²) < 4.78 is 17.6. The van der Waals surface area contributed by atoms with E-state index in [2.05, 4.69) is 80.8 Å². The summed E-state index contributed by atoms with van der Waals surface area (Å²) in [5.41, 5.74) is 0. The van der Waals surface area contributed by atoms with Gasteiger partial charge in [-0.15, -0.1) is 0 Å². The second-order valence-electron chi connectivity index (χ2n) is 21.8. The summed E-state index contributed by atoms with van der Waals surface area (Å²) in [6, 6.07) is -1.04. The Balaban J connectivity index is 2.68. The number of rotatable bonds is 53. The van der Waals surface area contributed by atoms with E-state index in [0.29, 0.717) is 19.3 Å². The molecule has 8 atom stereocenters. The highest BCUT2D eigenvalue weighted by Crippen LogP contribution is 2.26. The summed E-state index contributed by atoms with van der Waals surface area (Å²) >= 11 is 0. The molecule has 0 spiro atoms. The number of unbranched alkanes of at least 4 members (excludes halogenated alkanes) is 29. The second-order valence-corrected chi connectivity index (χ2v) is 21.8. The molecule has 0 aromatic heterocycles. The van der Waals surface area contributed by atoms with Crippen LogP contribution in [-0.2, 0) is 23.8 Å². The number of hydrogen-bond acceptors (Lipinski definition) is 10. The largest absolute Gasteiger partial charge is 0.454 e. The highest BCUT2D eigenvalue weighted by molar-refractivity contribution is 5.80. The number of allylic oxidation sites excluding steroid dienone is 11. The fourth-order valence-corrected chi connectivity index (χ4v) is 9.52. The molecule has 8 unspecified atom stereocenters. The van der Waals surface area contributed by atoms with Crippen molar-refractivity contribution in [2.75, 3.05) is 13.2 Å². The molecule has 0 aromatic rings. The van der Waals surface area contributed by atoms with Crippen molar-refractivity contribution in [1.82, 2.24) is 5.32 Å². The summed E-state index contributed by atoms with van der Waals surface area (Å²) in [6.45, 7) is 5.73. The molecule has 1 fully saturated rings. The van der Waals surface area contributed by atoms with Gasteiger partial charge < -0.3 is 45.1 Å². The third-order valence-electron chi connectivity index (χ3n) is 14.6. The van der Waals surface area contributed by atoms with Gasteiger partial charge in [0.2, 0.25) is 5.91 Å². The highest BCUT2D eigenvalue weighted by Gasteiger charge is 2.47. The molecular formula is C66H117NO10. The first-order chi connectivity index (χ1) is 37.7. The number of aliphatic hydroxyl groups excluding tert-OH is 5. The van der Waals surface area contributed by atoms with Crippen LogP contribution >= 0.6 is 0 Å². The lowest BCUT2D eigenvalue weighted by Gasteiger charge is -2.41. The van der Waals surface area contributed by atoms with E-state index in [1.54, 1.807) is 6.08 Å². The molecule has 0 aromatic carbocycles. The van der Waals surface area contributed by atoms with Crippen LogP contribution in [0.25, 0.3) is 0 Å². The number of amides is 1. The molecule has 1 aliphatic rings. The summed E-state index contributed by atoms with van der Waals surface area (Å²) in [5.74, 6) is -1.25. The smallest absolute Gasteiger partial charge is 0.306 e. The van der Waals surface area contributed by atoms with Gasteiger partial charge in [0.25, 0.3) is 0 Å². The van der Waals surface area contributed by atoms with E-state index in [-0.39, 0.29) is 19.4 Å². The number of carbonyl (C=O) groups excluding carboxylic acids is 2. The monoisotopic (exact) mass is 1080 g/mol. The number of ether oxygens (including phenoxy) is 3. The average Bonchev–Trinajstić information content (AvgIpc) is 3.43. The van der Waals surface area contributed by atoms with Crippen molar-refractivity contribution >= 4 is 11.9 Å². The van der Waals surface area contributed by atoms with E-state index in [4.69, 9.17) is 14.2 Å². The Morgan fingerprint density at radius 1 is 0.506 bits per heavy atom. The van der Waals surface area contributed by atoms with Gasteiger partial charge in [-0.05, 0) is 89.9 Å². The Morgan fingerprint density at radius 2 is 0.896 bits per heavy atom. The molecule has 1 amide bonds. The quantitative estimate of drug-likeness (QED) is 0.0195. The van der Waals surface area contributed by atoms with Crippen LogP contribution in [0, 0.1) is 0 Å². The molecule has 1 heterocycles. The third kappa shape index (κ3) is 41.7. The Labute approximate surface area is 471 Å². The highest BCUT2D eigenvalue weighted by atomic mass is 16.7. The van der Waals surface area contributed by atoms with Crippen LogP contribution in [0.3, 0.4) is 0 Å². The van der Waals surface area contributed by atoms with Crippen molar-refractivity contribution in [2.24, 2.45) is 0 Å². The molecular weight excluding hydrogens is 967 g/mol. The minimum Gasteiger partial charge on any atom is -0.454 e. The lowest BCUT2D eigenvalue weighted by molar-refractivity contribution is -0.305. The van der Waals surface area contributed by atoms with Gasteiger partial charge in [0.05, 0.1) is 25.4 Å². The van der Waals surface area contributed by atoms with Crippen molar-refractivity contribution in [3.8, 4) is 0 Å². The van der Waals surface area contributed by atoms with Crippen LogP contribution in [0.5, 0.6) is 0 Å². The fourth-order valence-electron chi connectivity index (χ4n) is 9.52. The summed E-state index contributed by atoms with van der Waals surface area (Å²) in [4.78, 5) is 26.5. The van der Waals surface area contributed by atoms with E-state index in [9.17, 15) is 35.1 Å². The maximum absolute atomic E-state index is 13.4. The van der Waals surface area contributed by atoms with E-state index in [1.165, 1.54) is 154 Å². The van der Waals surface area contributed by atoms with Crippen molar-refractivity contribution in [3.05, 3.63) is 72.9 Å². The van der Waals surface area contributed by atoms with Gasteiger partial charge in [-0.1, -0.05) is 248 Å². The zero-order valence-corrected chi connectivity index (χ0v) is 49.3. The van der Waals surface area contributed by atoms with E-state index in [0.717, 1.165) is 64.2 Å². The normalized spacial score (nSPS) is 19.5. The molecule has 446 valence electrons. The number of esters is 1. The third-order valence-corrected chi connectivity index (χ3v) is 14.6. The van der Waals surface area contributed by atoms with Gasteiger partial charge >= 0.3 is 5.97 Å². The van der Waals surface area contributed by atoms with E-state index >= 15 is 0 Å². The molecule has 0 saturated carbocycles. The van der Waals surface area contributed by atoms with Crippen LogP contribution in [-0.4, -0.2) is 99.6 Å². The summed E-state index contributed by atoms with van der Waals surface area (Å²) in [6.07, 6.45) is 58.0.